The average Bonchev–Trinajstić information content (AvgIpc) is 1.65. The first-order valence-electron chi connectivity index (χ1n) is 1.46. The molecule has 0 spiro atoms. The monoisotopic (exact) mass is 119 g/mol. The summed E-state index contributed by atoms with van der Waals surface area (Å²) in [5, 5.41) is 10.3. The standard InChI is InChI=1S/C2H5N3OS/c3-1(5-6)2(4)7/h6H,(H2,3,5)(H2,4,7). The molecule has 4 nitrogen and oxygen atoms in total. The topological polar surface area (TPSA) is 84.6 Å². The van der Waals surface area contributed by atoms with E-state index < -0.39 is 0 Å². The van der Waals surface area contributed by atoms with Gasteiger partial charge in [-0.2, -0.15) is 0 Å². The van der Waals surface area contributed by atoms with E-state index in [1.54, 1.807) is 0 Å². The lowest BCUT2D eigenvalue weighted by Gasteiger charge is -1.87. The van der Waals surface area contributed by atoms with Gasteiger partial charge in [0.05, 0.1) is 0 Å². The molecule has 7 heavy (non-hydrogen) atoms. The van der Waals surface area contributed by atoms with E-state index in [-0.39, 0.29) is 10.8 Å². The van der Waals surface area contributed by atoms with Gasteiger partial charge in [0.1, 0.15) is 4.99 Å². The van der Waals surface area contributed by atoms with E-state index in [1.165, 1.54) is 0 Å². The van der Waals surface area contributed by atoms with Crippen LogP contribution in [0.4, 0.5) is 0 Å². The highest BCUT2D eigenvalue weighted by molar-refractivity contribution is 7.82. The molecule has 0 rings (SSSR count). The molecule has 0 aromatic carbocycles. The maximum Gasteiger partial charge on any atom is 0.197 e. The third-order valence-electron chi connectivity index (χ3n) is 0.360. The van der Waals surface area contributed by atoms with E-state index in [0.29, 0.717) is 0 Å². The van der Waals surface area contributed by atoms with E-state index >= 15 is 0 Å². The highest BCUT2D eigenvalue weighted by Gasteiger charge is 1.90. The molecule has 40 valence electrons. The second-order valence-electron chi connectivity index (χ2n) is 0.849. The number of nitrogens with two attached hydrogens (primary N) is 2. The normalized spacial score (nSPS) is 11.1. The zero-order chi connectivity index (χ0) is 5.86. The Morgan fingerprint density at radius 3 is 2.00 bits per heavy atom. The van der Waals surface area contributed by atoms with Gasteiger partial charge < -0.3 is 16.7 Å². The van der Waals surface area contributed by atoms with Gasteiger partial charge in [-0.15, -0.1) is 0 Å². The van der Waals surface area contributed by atoms with Crippen molar-refractivity contribution in [2.45, 2.75) is 0 Å². The third kappa shape index (κ3) is 1.94. The Hall–Kier alpha value is -0.840. The average molecular weight is 119 g/mol. The number of oxime groups is 1. The van der Waals surface area contributed by atoms with Gasteiger partial charge in [-0.05, 0) is 0 Å². The van der Waals surface area contributed by atoms with Crippen LogP contribution >= 0.6 is 12.2 Å². The zero-order valence-electron chi connectivity index (χ0n) is 3.46. The van der Waals surface area contributed by atoms with Gasteiger partial charge in [-0.3, -0.25) is 0 Å². The van der Waals surface area contributed by atoms with Crippen molar-refractivity contribution in [1.82, 2.24) is 0 Å². The second kappa shape index (κ2) is 2.35. The summed E-state index contributed by atoms with van der Waals surface area (Å²) in [5.41, 5.74) is 9.71. The summed E-state index contributed by atoms with van der Waals surface area (Å²) >= 11 is 4.28. The Bertz CT molecular complexity index is 110. The van der Waals surface area contributed by atoms with Gasteiger partial charge in [0.25, 0.3) is 0 Å². The molecule has 5 heteroatoms. The first kappa shape index (κ1) is 6.16. The van der Waals surface area contributed by atoms with Crippen LogP contribution in [0.15, 0.2) is 5.16 Å². The van der Waals surface area contributed by atoms with E-state index in [4.69, 9.17) is 16.7 Å². The van der Waals surface area contributed by atoms with Crippen LogP contribution in [0, 0.1) is 0 Å². The molecular formula is C2H5N3OS. The Balaban J connectivity index is 3.82. The molecule has 0 aromatic heterocycles. The van der Waals surface area contributed by atoms with Gasteiger partial charge >= 0.3 is 0 Å². The summed E-state index contributed by atoms with van der Waals surface area (Å²) in [6.07, 6.45) is 0. The van der Waals surface area contributed by atoms with Crippen LogP contribution in [0.5, 0.6) is 0 Å². The number of amidine groups is 1. The van der Waals surface area contributed by atoms with E-state index in [9.17, 15) is 0 Å². The quantitative estimate of drug-likeness (QED) is 0.126. The fourth-order valence-corrected chi connectivity index (χ4v) is 0.0901. The number of hydrogen-bond acceptors (Lipinski definition) is 3. The first-order chi connectivity index (χ1) is 3.18. The molecule has 0 radical (unpaired) electrons. The highest BCUT2D eigenvalue weighted by Crippen LogP contribution is 1.63. The lowest BCUT2D eigenvalue weighted by Crippen LogP contribution is -2.28. The predicted molar refractivity (Wildman–Crippen MR) is 30.2 cm³/mol. The van der Waals surface area contributed by atoms with Crippen LogP contribution in [0.2, 0.25) is 0 Å². The molecule has 0 aromatic rings. The molecule has 5 N–H and O–H groups in total. The molecule has 0 aliphatic rings. The molecule has 0 saturated carbocycles. The number of thiocarbonyl (C=S) groups is 1. The molecule has 0 unspecified atom stereocenters. The molecule has 0 bridgehead atoms. The minimum atomic E-state index is -0.213. The van der Waals surface area contributed by atoms with Crippen LogP contribution < -0.4 is 11.5 Å². The Labute approximate surface area is 45.8 Å². The van der Waals surface area contributed by atoms with Gasteiger partial charge in [0.15, 0.2) is 5.84 Å². The van der Waals surface area contributed by atoms with Gasteiger partial charge in [0, 0.05) is 0 Å². The fraction of sp³-hybridized carbons (Fsp3) is 0. The summed E-state index contributed by atoms with van der Waals surface area (Å²) in [4.78, 5) is -0.0949. The van der Waals surface area contributed by atoms with Crippen molar-refractivity contribution in [2.24, 2.45) is 16.6 Å². The van der Waals surface area contributed by atoms with Crippen molar-refractivity contribution < 1.29 is 5.21 Å². The minimum Gasteiger partial charge on any atom is -0.409 e. The van der Waals surface area contributed by atoms with Gasteiger partial charge in [0.2, 0.25) is 0 Å². The zero-order valence-corrected chi connectivity index (χ0v) is 4.27. The molecule has 0 fully saturated rings. The Morgan fingerprint density at radius 2 is 2.00 bits per heavy atom. The third-order valence-corrected chi connectivity index (χ3v) is 0.569. The van der Waals surface area contributed by atoms with Crippen molar-refractivity contribution in [2.75, 3.05) is 0 Å². The molecule has 0 aliphatic carbocycles. The molecule has 0 saturated heterocycles. The van der Waals surface area contributed by atoms with Crippen molar-refractivity contribution in [3.63, 3.8) is 0 Å². The van der Waals surface area contributed by atoms with Crippen LogP contribution in [0.3, 0.4) is 0 Å². The predicted octanol–water partition coefficient (Wildman–Crippen LogP) is -0.981. The number of rotatable bonds is 0. The van der Waals surface area contributed by atoms with Crippen LogP contribution in [0.25, 0.3) is 0 Å². The number of nitrogens with zero attached hydrogens (tertiary/aromatic N) is 1. The lowest BCUT2D eigenvalue weighted by atomic mass is 10.6. The van der Waals surface area contributed by atoms with Crippen molar-refractivity contribution in [3.05, 3.63) is 0 Å². The van der Waals surface area contributed by atoms with Gasteiger partial charge in [-0.25, -0.2) is 0 Å². The summed E-state index contributed by atoms with van der Waals surface area (Å²) in [7, 11) is 0. The molecule has 0 heterocycles. The van der Waals surface area contributed by atoms with Crippen LogP contribution in [0.1, 0.15) is 0 Å². The fourth-order valence-electron chi connectivity index (χ4n) is 0.0493. The highest BCUT2D eigenvalue weighted by atomic mass is 32.1. The summed E-state index contributed by atoms with van der Waals surface area (Å²) in [6, 6.07) is 0. The van der Waals surface area contributed by atoms with Crippen LogP contribution in [-0.4, -0.2) is 16.0 Å². The first-order valence-corrected chi connectivity index (χ1v) is 1.86. The molecule has 0 amide bonds. The lowest BCUT2D eigenvalue weighted by molar-refractivity contribution is 0.319. The maximum absolute atomic E-state index is 7.80. The Morgan fingerprint density at radius 1 is 1.57 bits per heavy atom. The van der Waals surface area contributed by atoms with Crippen LogP contribution in [-0.2, 0) is 0 Å². The molecule has 0 aliphatic heterocycles. The van der Waals surface area contributed by atoms with E-state index in [2.05, 4.69) is 17.4 Å². The van der Waals surface area contributed by atoms with Gasteiger partial charge in [-0.1, -0.05) is 17.4 Å². The SMILES string of the molecule is NC(=S)/C(N)=N\O. The van der Waals surface area contributed by atoms with E-state index in [0.717, 1.165) is 0 Å². The minimum absolute atomic E-state index is 0.0949. The maximum atomic E-state index is 7.80. The molecular weight excluding hydrogens is 114 g/mol. The smallest absolute Gasteiger partial charge is 0.197 e. The molecule has 0 atom stereocenters. The second-order valence-corrected chi connectivity index (χ2v) is 1.29. The summed E-state index contributed by atoms with van der Waals surface area (Å²) < 4.78 is 0. The summed E-state index contributed by atoms with van der Waals surface area (Å²) in [5.74, 6) is -0.213. The summed E-state index contributed by atoms with van der Waals surface area (Å²) in [6.45, 7) is 0. The van der Waals surface area contributed by atoms with E-state index in [1.807, 2.05) is 0 Å². The van der Waals surface area contributed by atoms with Crippen molar-refractivity contribution in [1.29, 1.82) is 0 Å². The van der Waals surface area contributed by atoms with Crippen molar-refractivity contribution >= 4 is 23.0 Å². The Kier molecular flexibility index (Phi) is 2.07. The largest absolute Gasteiger partial charge is 0.409 e. The number of hydrogen-bond donors (Lipinski definition) is 3. The van der Waals surface area contributed by atoms with Crippen molar-refractivity contribution in [3.8, 4) is 0 Å².